The zero-order chi connectivity index (χ0) is 14.4. The fourth-order valence-electron chi connectivity index (χ4n) is 1.74. The van der Waals surface area contributed by atoms with Crippen LogP contribution in [0.15, 0.2) is 41.8 Å². The standard InChI is InChI=1S/C14H18ClN3OS/c1-11(8-15)9-18-13-5-3-2-4-12(13)10-20(19)14-16-6-7-17-14/h2-7,11,18H,8-10H2,1H3,(H,16,17). The zero-order valence-corrected chi connectivity index (χ0v) is 12.9. The smallest absolute Gasteiger partial charge is 0.320 e. The molecule has 0 aliphatic heterocycles. The van der Waals surface area contributed by atoms with Crippen LogP contribution in [0.4, 0.5) is 5.69 Å². The molecule has 108 valence electrons. The topological polar surface area (TPSA) is 63.8 Å². The fourth-order valence-corrected chi connectivity index (χ4v) is 2.90. The summed E-state index contributed by atoms with van der Waals surface area (Å²) in [6.45, 7) is 2.89. The van der Waals surface area contributed by atoms with Gasteiger partial charge in [-0.1, -0.05) is 25.1 Å². The third-order valence-electron chi connectivity index (χ3n) is 2.90. The molecule has 1 heterocycles. The molecule has 20 heavy (non-hydrogen) atoms. The Bertz CT molecular complexity index is 521. The third kappa shape index (κ3) is 4.16. The summed E-state index contributed by atoms with van der Waals surface area (Å²) in [5, 5.41) is 3.87. The van der Waals surface area contributed by atoms with E-state index in [1.54, 1.807) is 12.4 Å². The van der Waals surface area contributed by atoms with Gasteiger partial charge in [-0.2, -0.15) is 4.98 Å². The number of para-hydroxylation sites is 1. The van der Waals surface area contributed by atoms with Gasteiger partial charge in [0, 0.05) is 47.2 Å². The summed E-state index contributed by atoms with van der Waals surface area (Å²) >= 11 is 4.65. The van der Waals surface area contributed by atoms with Crippen LogP contribution in [0.25, 0.3) is 0 Å². The largest absolute Gasteiger partial charge is 0.609 e. The Morgan fingerprint density at radius 3 is 2.95 bits per heavy atom. The Hall–Kier alpha value is -1.17. The van der Waals surface area contributed by atoms with E-state index in [2.05, 4.69) is 22.2 Å². The molecule has 0 saturated heterocycles. The minimum atomic E-state index is -1.16. The monoisotopic (exact) mass is 311 g/mol. The molecule has 4 nitrogen and oxygen atoms in total. The van der Waals surface area contributed by atoms with E-state index in [9.17, 15) is 4.55 Å². The maximum absolute atomic E-state index is 12.2. The Kier molecular flexibility index (Phi) is 5.76. The van der Waals surface area contributed by atoms with Gasteiger partial charge >= 0.3 is 5.16 Å². The van der Waals surface area contributed by atoms with E-state index >= 15 is 0 Å². The number of hydrogen-bond acceptors (Lipinski definition) is 3. The molecule has 2 rings (SSSR count). The highest BCUT2D eigenvalue weighted by atomic mass is 35.5. The lowest BCUT2D eigenvalue weighted by Crippen LogP contribution is -2.15. The number of alkyl halides is 1. The molecular weight excluding hydrogens is 294 g/mol. The summed E-state index contributed by atoms with van der Waals surface area (Å²) < 4.78 is 12.2. The van der Waals surface area contributed by atoms with Crippen LogP contribution in [-0.2, 0) is 16.9 Å². The second kappa shape index (κ2) is 7.57. The van der Waals surface area contributed by atoms with Crippen LogP contribution >= 0.6 is 11.6 Å². The van der Waals surface area contributed by atoms with Crippen molar-refractivity contribution < 1.29 is 4.55 Å². The average molecular weight is 312 g/mol. The molecule has 0 spiro atoms. The highest BCUT2D eigenvalue weighted by Crippen LogP contribution is 2.21. The Morgan fingerprint density at radius 2 is 2.25 bits per heavy atom. The molecule has 2 N–H and O–H groups in total. The number of nitrogens with one attached hydrogen (secondary N) is 2. The predicted octanol–water partition coefficient (Wildman–Crippen LogP) is 3.00. The van der Waals surface area contributed by atoms with Gasteiger partial charge in [-0.05, 0) is 12.0 Å². The first-order valence-corrected chi connectivity index (χ1v) is 8.31. The molecule has 2 atom stereocenters. The molecular formula is C14H18ClN3OS. The summed E-state index contributed by atoms with van der Waals surface area (Å²) in [6.07, 6.45) is 3.29. The Labute approximate surface area is 127 Å². The lowest BCUT2D eigenvalue weighted by atomic mass is 10.1. The van der Waals surface area contributed by atoms with E-state index in [0.29, 0.717) is 22.7 Å². The SMILES string of the molecule is CC(CCl)CNc1ccccc1C[S+]([O-])c1ncc[nH]1. The number of hydrogen-bond donors (Lipinski definition) is 2. The highest BCUT2D eigenvalue weighted by molar-refractivity contribution is 7.90. The van der Waals surface area contributed by atoms with Gasteiger partial charge in [-0.15, -0.1) is 11.6 Å². The normalized spacial score (nSPS) is 13.9. The summed E-state index contributed by atoms with van der Waals surface area (Å²) in [7, 11) is 0. The number of imidazole rings is 1. The second-order valence-electron chi connectivity index (χ2n) is 4.68. The van der Waals surface area contributed by atoms with E-state index in [1.807, 2.05) is 24.3 Å². The minimum Gasteiger partial charge on any atom is -0.609 e. The molecule has 1 aromatic carbocycles. The van der Waals surface area contributed by atoms with Gasteiger partial charge in [-0.25, -0.2) is 0 Å². The third-order valence-corrected chi connectivity index (χ3v) is 4.65. The van der Waals surface area contributed by atoms with Crippen molar-refractivity contribution in [2.45, 2.75) is 17.8 Å². The van der Waals surface area contributed by atoms with Gasteiger partial charge < -0.3 is 14.9 Å². The first kappa shape index (κ1) is 15.2. The zero-order valence-electron chi connectivity index (χ0n) is 11.3. The molecule has 0 saturated carbocycles. The summed E-state index contributed by atoms with van der Waals surface area (Å²) in [6, 6.07) is 7.89. The number of anilines is 1. The molecule has 0 radical (unpaired) electrons. The number of benzene rings is 1. The van der Waals surface area contributed by atoms with Crippen LogP contribution in [0.1, 0.15) is 12.5 Å². The Morgan fingerprint density at radius 1 is 1.45 bits per heavy atom. The number of nitrogens with zero attached hydrogens (tertiary/aromatic N) is 1. The van der Waals surface area contributed by atoms with Crippen LogP contribution in [-0.4, -0.2) is 26.9 Å². The van der Waals surface area contributed by atoms with E-state index in [4.69, 9.17) is 11.6 Å². The van der Waals surface area contributed by atoms with Crippen LogP contribution in [0.3, 0.4) is 0 Å². The van der Waals surface area contributed by atoms with Crippen LogP contribution in [0.5, 0.6) is 0 Å². The van der Waals surface area contributed by atoms with Crippen molar-refractivity contribution >= 4 is 28.5 Å². The summed E-state index contributed by atoms with van der Waals surface area (Å²) in [4.78, 5) is 6.92. The van der Waals surface area contributed by atoms with Crippen LogP contribution < -0.4 is 5.32 Å². The van der Waals surface area contributed by atoms with Gasteiger partial charge in [-0.3, -0.25) is 0 Å². The maximum atomic E-state index is 12.2. The number of aromatic nitrogens is 2. The molecule has 0 bridgehead atoms. The van der Waals surface area contributed by atoms with Crippen molar-refractivity contribution in [1.82, 2.24) is 9.97 Å². The number of rotatable bonds is 7. The quantitative estimate of drug-likeness (QED) is 0.610. The van der Waals surface area contributed by atoms with Crippen molar-refractivity contribution in [2.24, 2.45) is 5.92 Å². The van der Waals surface area contributed by atoms with Gasteiger partial charge in [0.15, 0.2) is 0 Å². The first-order chi connectivity index (χ1) is 9.70. The van der Waals surface area contributed by atoms with E-state index < -0.39 is 11.2 Å². The number of halogens is 1. The average Bonchev–Trinajstić information content (AvgIpc) is 3.00. The van der Waals surface area contributed by atoms with Crippen molar-refractivity contribution in [3.8, 4) is 0 Å². The lowest BCUT2D eigenvalue weighted by molar-refractivity contribution is 0.587. The Balaban J connectivity index is 2.04. The molecule has 0 fully saturated rings. The van der Waals surface area contributed by atoms with Crippen molar-refractivity contribution in [3.05, 3.63) is 42.2 Å². The van der Waals surface area contributed by atoms with E-state index in [-0.39, 0.29) is 0 Å². The van der Waals surface area contributed by atoms with Crippen molar-refractivity contribution in [1.29, 1.82) is 0 Å². The maximum Gasteiger partial charge on any atom is 0.320 e. The minimum absolute atomic E-state index is 0.389. The number of aromatic amines is 1. The number of H-pyrrole nitrogens is 1. The highest BCUT2D eigenvalue weighted by Gasteiger charge is 2.16. The summed E-state index contributed by atoms with van der Waals surface area (Å²) in [5.41, 5.74) is 2.02. The van der Waals surface area contributed by atoms with E-state index in [0.717, 1.165) is 17.8 Å². The molecule has 2 aromatic rings. The van der Waals surface area contributed by atoms with Crippen LogP contribution in [0, 0.1) is 5.92 Å². The fraction of sp³-hybridized carbons (Fsp3) is 0.357. The molecule has 0 aliphatic rings. The molecule has 0 aliphatic carbocycles. The van der Waals surface area contributed by atoms with Gasteiger partial charge in [0.1, 0.15) is 5.75 Å². The van der Waals surface area contributed by atoms with Crippen molar-refractivity contribution in [2.75, 3.05) is 17.7 Å². The lowest BCUT2D eigenvalue weighted by Gasteiger charge is -2.15. The summed E-state index contributed by atoms with van der Waals surface area (Å²) in [5.74, 6) is 1.44. The molecule has 2 unspecified atom stereocenters. The molecule has 1 aromatic heterocycles. The van der Waals surface area contributed by atoms with Gasteiger partial charge in [0.05, 0.1) is 0 Å². The van der Waals surface area contributed by atoms with Crippen molar-refractivity contribution in [3.63, 3.8) is 0 Å². The first-order valence-electron chi connectivity index (χ1n) is 6.46. The molecule has 0 amide bonds. The second-order valence-corrected chi connectivity index (χ2v) is 6.36. The molecule has 6 heteroatoms. The van der Waals surface area contributed by atoms with Gasteiger partial charge in [0.25, 0.3) is 0 Å². The van der Waals surface area contributed by atoms with E-state index in [1.165, 1.54) is 0 Å². The predicted molar refractivity (Wildman–Crippen MR) is 83.5 cm³/mol. The van der Waals surface area contributed by atoms with Gasteiger partial charge in [0.2, 0.25) is 0 Å². The van der Waals surface area contributed by atoms with Crippen LogP contribution in [0.2, 0.25) is 0 Å².